The molecule has 0 spiro atoms. The average Bonchev–Trinajstić information content (AvgIpc) is 2.46. The van der Waals surface area contributed by atoms with Crippen molar-refractivity contribution in [2.24, 2.45) is 4.99 Å². The molecule has 2 aromatic carbocycles. The van der Waals surface area contributed by atoms with Gasteiger partial charge in [-0.1, -0.05) is 11.8 Å². The van der Waals surface area contributed by atoms with E-state index in [1.54, 1.807) is 0 Å². The van der Waals surface area contributed by atoms with Crippen LogP contribution < -0.4 is 0 Å². The zero-order valence-electron chi connectivity index (χ0n) is 11.2. The minimum Gasteiger partial charge on any atom is -0.207 e. The molecule has 1 nitrogen and oxygen atoms in total. The van der Waals surface area contributed by atoms with Crippen molar-refractivity contribution in [2.75, 3.05) is 0 Å². The van der Waals surface area contributed by atoms with Gasteiger partial charge in [0.15, 0.2) is 11.6 Å². The zero-order chi connectivity index (χ0) is 16.3. The van der Waals surface area contributed by atoms with Crippen molar-refractivity contribution >= 4 is 23.1 Å². The molecule has 0 N–H and O–H groups in total. The Labute approximate surface area is 129 Å². The van der Waals surface area contributed by atoms with Crippen molar-refractivity contribution in [3.8, 4) is 11.8 Å². The van der Waals surface area contributed by atoms with E-state index in [2.05, 4.69) is 29.1 Å². The van der Waals surface area contributed by atoms with E-state index in [9.17, 15) is 17.6 Å². The highest BCUT2D eigenvalue weighted by molar-refractivity contribution is 7.78. The molecule has 0 aliphatic heterocycles. The number of hydrogen-bond acceptors (Lipinski definition) is 2. The Balaban J connectivity index is 2.43. The summed E-state index contributed by atoms with van der Waals surface area (Å²) in [6.07, 6.45) is 0. The van der Waals surface area contributed by atoms with E-state index < -0.39 is 29.0 Å². The quantitative estimate of drug-likeness (QED) is 0.321. The maximum Gasteiger partial charge on any atom is 0.153 e. The Morgan fingerprint density at radius 3 is 1.64 bits per heavy atom. The van der Waals surface area contributed by atoms with Crippen LogP contribution in [-0.4, -0.2) is 5.16 Å². The molecule has 0 saturated heterocycles. The number of rotatable bonds is 1. The summed E-state index contributed by atoms with van der Waals surface area (Å²) in [5, 5.41) is 1.87. The lowest BCUT2D eigenvalue weighted by Gasteiger charge is -2.00. The molecule has 110 valence electrons. The fraction of sp³-hybridized carbons (Fsp3) is 0.0625. The Morgan fingerprint density at radius 2 is 1.23 bits per heavy atom. The van der Waals surface area contributed by atoms with Crippen molar-refractivity contribution in [3.05, 3.63) is 64.2 Å². The Bertz CT molecular complexity index is 812. The molecule has 22 heavy (non-hydrogen) atoms. The summed E-state index contributed by atoms with van der Waals surface area (Å²) >= 11 is 4.29. The summed E-state index contributed by atoms with van der Waals surface area (Å²) in [5.41, 5.74) is -0.625. The Morgan fingerprint density at radius 1 is 0.818 bits per heavy atom. The molecule has 0 aliphatic carbocycles. The van der Waals surface area contributed by atoms with Gasteiger partial charge in [0.2, 0.25) is 0 Å². The van der Waals surface area contributed by atoms with E-state index >= 15 is 0 Å². The van der Waals surface area contributed by atoms with Crippen molar-refractivity contribution in [2.45, 2.75) is 6.92 Å². The number of thiocarbonyl (C=S) groups is 1. The highest BCUT2D eigenvalue weighted by atomic mass is 32.1. The fourth-order valence-electron chi connectivity index (χ4n) is 1.65. The van der Waals surface area contributed by atoms with Gasteiger partial charge in [0.25, 0.3) is 0 Å². The largest absolute Gasteiger partial charge is 0.207 e. The second-order valence-electron chi connectivity index (χ2n) is 4.31. The molecule has 0 unspecified atom stereocenters. The Hall–Kier alpha value is -2.48. The summed E-state index contributed by atoms with van der Waals surface area (Å²) in [6, 6.07) is 3.98. The van der Waals surface area contributed by atoms with E-state index in [-0.39, 0.29) is 16.7 Å². The van der Waals surface area contributed by atoms with Crippen LogP contribution in [0.4, 0.5) is 23.2 Å². The van der Waals surface area contributed by atoms with Gasteiger partial charge in [-0.25, -0.2) is 17.6 Å². The standard InChI is InChI=1S/C16H7F4NS/c1-9-12(17)4-10(5-13(9)18)2-3-11-6-14(19)16(21-8-22)15(20)7-11/h4-7H,1H3. The highest BCUT2D eigenvalue weighted by Gasteiger charge is 2.09. The van der Waals surface area contributed by atoms with Crippen LogP contribution in [0.1, 0.15) is 16.7 Å². The zero-order valence-corrected chi connectivity index (χ0v) is 12.0. The van der Waals surface area contributed by atoms with E-state index in [0.29, 0.717) is 0 Å². The first-order valence-corrected chi connectivity index (χ1v) is 6.37. The molecule has 0 amide bonds. The second kappa shape index (κ2) is 6.52. The third kappa shape index (κ3) is 3.40. The van der Waals surface area contributed by atoms with Crippen molar-refractivity contribution < 1.29 is 17.6 Å². The van der Waals surface area contributed by atoms with Crippen LogP contribution in [0.5, 0.6) is 0 Å². The predicted octanol–water partition coefficient (Wildman–Crippen LogP) is 4.69. The minimum atomic E-state index is -0.956. The van der Waals surface area contributed by atoms with Crippen LogP contribution in [0.2, 0.25) is 0 Å². The lowest BCUT2D eigenvalue weighted by molar-refractivity contribution is 0.567. The van der Waals surface area contributed by atoms with Crippen LogP contribution in [0.3, 0.4) is 0 Å². The van der Waals surface area contributed by atoms with Crippen LogP contribution in [0.25, 0.3) is 0 Å². The first-order valence-electron chi connectivity index (χ1n) is 5.97. The smallest absolute Gasteiger partial charge is 0.153 e. The maximum absolute atomic E-state index is 13.6. The molecular weight excluding hydrogens is 314 g/mol. The van der Waals surface area contributed by atoms with E-state index in [1.807, 2.05) is 5.16 Å². The number of isothiocyanates is 1. The second-order valence-corrected chi connectivity index (χ2v) is 4.49. The summed E-state index contributed by atoms with van der Waals surface area (Å²) in [7, 11) is 0. The van der Waals surface area contributed by atoms with Gasteiger partial charge in [-0.15, -0.1) is 0 Å². The molecule has 0 fully saturated rings. The topological polar surface area (TPSA) is 12.4 Å². The lowest BCUT2D eigenvalue weighted by atomic mass is 10.1. The summed E-state index contributed by atoms with van der Waals surface area (Å²) in [5.74, 6) is 1.48. The van der Waals surface area contributed by atoms with Gasteiger partial charge < -0.3 is 0 Å². The van der Waals surface area contributed by atoms with Crippen LogP contribution in [-0.2, 0) is 0 Å². The first-order chi connectivity index (χ1) is 10.4. The minimum absolute atomic E-state index is 0.000269. The van der Waals surface area contributed by atoms with Gasteiger partial charge >= 0.3 is 0 Å². The third-order valence-corrected chi connectivity index (χ3v) is 2.90. The van der Waals surface area contributed by atoms with Crippen molar-refractivity contribution in [1.29, 1.82) is 0 Å². The Kier molecular flexibility index (Phi) is 4.71. The van der Waals surface area contributed by atoms with E-state index in [4.69, 9.17) is 0 Å². The van der Waals surface area contributed by atoms with Gasteiger partial charge in [0.1, 0.15) is 17.3 Å². The molecule has 0 saturated carbocycles. The van der Waals surface area contributed by atoms with Gasteiger partial charge in [-0.2, -0.15) is 4.99 Å². The molecule has 0 aliphatic rings. The number of halogens is 4. The van der Waals surface area contributed by atoms with Gasteiger partial charge in [0.05, 0.1) is 5.16 Å². The summed E-state index contributed by atoms with van der Waals surface area (Å²) < 4.78 is 53.9. The molecule has 0 aromatic heterocycles. The third-order valence-electron chi connectivity index (χ3n) is 2.81. The van der Waals surface area contributed by atoms with Gasteiger partial charge in [-0.05, 0) is 43.4 Å². The summed E-state index contributed by atoms with van der Waals surface area (Å²) in [4.78, 5) is 3.27. The molecule has 2 aromatic rings. The number of hydrogen-bond donors (Lipinski definition) is 0. The van der Waals surface area contributed by atoms with Gasteiger partial charge in [-0.3, -0.25) is 0 Å². The molecule has 0 radical (unpaired) electrons. The number of aliphatic imine (C=N–C) groups is 1. The predicted molar refractivity (Wildman–Crippen MR) is 78.1 cm³/mol. The normalized spacial score (nSPS) is 9.68. The highest BCUT2D eigenvalue weighted by Crippen LogP contribution is 2.23. The van der Waals surface area contributed by atoms with E-state index in [1.165, 1.54) is 6.92 Å². The molecule has 0 heterocycles. The van der Waals surface area contributed by atoms with Crippen LogP contribution in [0.15, 0.2) is 29.3 Å². The fourth-order valence-corrected chi connectivity index (χ4v) is 1.74. The summed E-state index contributed by atoms with van der Waals surface area (Å²) in [6.45, 7) is 1.29. The van der Waals surface area contributed by atoms with Crippen molar-refractivity contribution in [1.82, 2.24) is 0 Å². The molecule has 2 rings (SSSR count). The van der Waals surface area contributed by atoms with Crippen LogP contribution >= 0.6 is 12.2 Å². The number of benzene rings is 2. The molecule has 0 atom stereocenters. The van der Waals surface area contributed by atoms with Crippen molar-refractivity contribution in [3.63, 3.8) is 0 Å². The molecular formula is C16H7F4NS. The molecule has 0 bridgehead atoms. The van der Waals surface area contributed by atoms with Crippen LogP contribution in [0, 0.1) is 42.0 Å². The molecule has 6 heteroatoms. The van der Waals surface area contributed by atoms with E-state index in [0.717, 1.165) is 24.3 Å². The van der Waals surface area contributed by atoms with Gasteiger partial charge in [0, 0.05) is 16.7 Å². The SMILES string of the molecule is Cc1c(F)cc(C#Cc2cc(F)c(N=C=S)c(F)c2)cc1F. The number of nitrogens with zero attached hydrogens (tertiary/aromatic N) is 1. The average molecular weight is 321 g/mol. The first kappa shape index (κ1) is 15.9. The lowest BCUT2D eigenvalue weighted by Crippen LogP contribution is -1.91. The monoisotopic (exact) mass is 321 g/mol. The maximum atomic E-state index is 13.6.